The first-order chi connectivity index (χ1) is 8.04. The van der Waals surface area contributed by atoms with Crippen LogP contribution in [-0.4, -0.2) is 5.97 Å². The molecule has 1 rings (SSSR count). The van der Waals surface area contributed by atoms with Crippen LogP contribution in [0.5, 0.6) is 0 Å². The molecule has 0 N–H and O–H groups in total. The second-order valence-electron chi connectivity index (χ2n) is 5.77. The molecule has 0 saturated carbocycles. The van der Waals surface area contributed by atoms with E-state index in [-0.39, 0.29) is 5.56 Å². The van der Waals surface area contributed by atoms with Crippen LogP contribution < -0.4 is 0 Å². The Bertz CT molecular complexity index is 459. The van der Waals surface area contributed by atoms with Crippen molar-refractivity contribution in [2.75, 3.05) is 0 Å². The van der Waals surface area contributed by atoms with E-state index in [1.54, 1.807) is 34.6 Å². The van der Waals surface area contributed by atoms with Gasteiger partial charge in [0.15, 0.2) is 0 Å². The van der Waals surface area contributed by atoms with E-state index in [2.05, 4.69) is 0 Å². The Morgan fingerprint density at radius 3 is 2.11 bits per heavy atom. The molecule has 100 valence electrons. The van der Waals surface area contributed by atoms with Gasteiger partial charge in [-0.3, -0.25) is 4.79 Å². The number of benzene rings is 1. The smallest absolute Gasteiger partial charge is 0.312 e. The summed E-state index contributed by atoms with van der Waals surface area (Å²) < 4.78 is 31.8. The average Bonchev–Trinajstić information content (AvgIpc) is 2.14. The first kappa shape index (κ1) is 14.6. The van der Waals surface area contributed by atoms with E-state index >= 15 is 0 Å². The van der Waals surface area contributed by atoms with Gasteiger partial charge in [0.1, 0.15) is 17.2 Å². The van der Waals surface area contributed by atoms with E-state index in [4.69, 9.17) is 4.74 Å². The van der Waals surface area contributed by atoms with Crippen LogP contribution in [-0.2, 0) is 15.1 Å². The lowest BCUT2D eigenvalue weighted by Gasteiger charge is -2.29. The van der Waals surface area contributed by atoms with E-state index in [1.165, 1.54) is 6.07 Å². The van der Waals surface area contributed by atoms with Gasteiger partial charge in [0.25, 0.3) is 0 Å². The Balaban J connectivity index is 3.03. The number of carbonyl (C=O) groups excluding carboxylic acids is 1. The molecule has 0 aliphatic carbocycles. The number of esters is 1. The van der Waals surface area contributed by atoms with E-state index in [0.29, 0.717) is 0 Å². The molecule has 0 saturated heterocycles. The predicted molar refractivity (Wildman–Crippen MR) is 64.9 cm³/mol. The number of halogens is 2. The van der Waals surface area contributed by atoms with Gasteiger partial charge in [-0.1, -0.05) is 0 Å². The standard InChI is InChI=1S/C14H18F2O2/c1-13(2,3)12(17)18-14(4,5)10-7-6-9(15)8-11(10)16/h6-8H,1-5H3. The fourth-order valence-electron chi connectivity index (χ4n) is 1.42. The van der Waals surface area contributed by atoms with Crippen LogP contribution in [0.4, 0.5) is 8.78 Å². The maximum atomic E-state index is 13.7. The SMILES string of the molecule is CC(C)(C)C(=O)OC(C)(C)c1ccc(F)cc1F. The van der Waals surface area contributed by atoms with Crippen LogP contribution in [0.1, 0.15) is 40.2 Å². The third-order valence-corrected chi connectivity index (χ3v) is 2.54. The van der Waals surface area contributed by atoms with Crippen molar-refractivity contribution in [2.45, 2.75) is 40.2 Å². The molecule has 18 heavy (non-hydrogen) atoms. The summed E-state index contributed by atoms with van der Waals surface area (Å²) in [7, 11) is 0. The molecule has 0 atom stereocenters. The largest absolute Gasteiger partial charge is 0.454 e. The molecular weight excluding hydrogens is 238 g/mol. The predicted octanol–water partition coefficient (Wildman–Crippen LogP) is 3.79. The monoisotopic (exact) mass is 256 g/mol. The maximum Gasteiger partial charge on any atom is 0.312 e. The lowest BCUT2D eigenvalue weighted by atomic mass is 9.94. The van der Waals surface area contributed by atoms with Gasteiger partial charge in [-0.25, -0.2) is 8.78 Å². The van der Waals surface area contributed by atoms with E-state index in [9.17, 15) is 13.6 Å². The van der Waals surface area contributed by atoms with Crippen LogP contribution in [0, 0.1) is 17.0 Å². The summed E-state index contributed by atoms with van der Waals surface area (Å²) in [6.45, 7) is 8.30. The minimum Gasteiger partial charge on any atom is -0.454 e. The normalized spacial score (nSPS) is 12.4. The molecule has 0 unspecified atom stereocenters. The molecule has 0 radical (unpaired) electrons. The first-order valence-corrected chi connectivity index (χ1v) is 5.73. The van der Waals surface area contributed by atoms with E-state index in [1.807, 2.05) is 0 Å². The Morgan fingerprint density at radius 2 is 1.67 bits per heavy atom. The molecule has 4 heteroatoms. The van der Waals surface area contributed by atoms with Gasteiger partial charge in [0.2, 0.25) is 0 Å². The Morgan fingerprint density at radius 1 is 1.11 bits per heavy atom. The summed E-state index contributed by atoms with van der Waals surface area (Å²) in [6, 6.07) is 3.22. The molecule has 1 aromatic carbocycles. The molecule has 2 nitrogen and oxygen atoms in total. The van der Waals surface area contributed by atoms with E-state index < -0.39 is 28.6 Å². The van der Waals surface area contributed by atoms with Crippen molar-refractivity contribution in [1.82, 2.24) is 0 Å². The maximum absolute atomic E-state index is 13.7. The number of hydrogen-bond donors (Lipinski definition) is 0. The quantitative estimate of drug-likeness (QED) is 0.752. The highest BCUT2D eigenvalue weighted by molar-refractivity contribution is 5.75. The number of hydrogen-bond acceptors (Lipinski definition) is 2. The second-order valence-corrected chi connectivity index (χ2v) is 5.77. The zero-order valence-electron chi connectivity index (χ0n) is 11.3. The van der Waals surface area contributed by atoms with Gasteiger partial charge in [-0.05, 0) is 46.8 Å². The van der Waals surface area contributed by atoms with Gasteiger partial charge in [-0.2, -0.15) is 0 Å². The van der Waals surface area contributed by atoms with Gasteiger partial charge >= 0.3 is 5.97 Å². The molecule has 0 fully saturated rings. The van der Waals surface area contributed by atoms with Crippen molar-refractivity contribution in [1.29, 1.82) is 0 Å². The Kier molecular flexibility index (Phi) is 3.79. The van der Waals surface area contributed by atoms with Gasteiger partial charge in [0, 0.05) is 11.6 Å². The molecule has 0 aliphatic heterocycles. The van der Waals surface area contributed by atoms with Crippen LogP contribution in [0.15, 0.2) is 18.2 Å². The minimum absolute atomic E-state index is 0.154. The van der Waals surface area contributed by atoms with Crippen molar-refractivity contribution in [2.24, 2.45) is 5.41 Å². The summed E-state index contributed by atoms with van der Waals surface area (Å²) in [4.78, 5) is 11.8. The van der Waals surface area contributed by atoms with Crippen LogP contribution in [0.2, 0.25) is 0 Å². The lowest BCUT2D eigenvalue weighted by Crippen LogP contribution is -2.33. The highest BCUT2D eigenvalue weighted by atomic mass is 19.1. The van der Waals surface area contributed by atoms with Crippen LogP contribution in [0.25, 0.3) is 0 Å². The third-order valence-electron chi connectivity index (χ3n) is 2.54. The second kappa shape index (κ2) is 4.67. The van der Waals surface area contributed by atoms with Gasteiger partial charge in [-0.15, -0.1) is 0 Å². The summed E-state index contributed by atoms with van der Waals surface area (Å²) >= 11 is 0. The summed E-state index contributed by atoms with van der Waals surface area (Å²) in [5.74, 6) is -1.81. The number of carbonyl (C=O) groups is 1. The number of ether oxygens (including phenoxy) is 1. The highest BCUT2D eigenvalue weighted by Gasteiger charge is 2.33. The molecule has 0 heterocycles. The lowest BCUT2D eigenvalue weighted by molar-refractivity contribution is -0.167. The molecule has 1 aromatic rings. The van der Waals surface area contributed by atoms with Crippen molar-refractivity contribution in [3.63, 3.8) is 0 Å². The van der Waals surface area contributed by atoms with Gasteiger partial charge in [0.05, 0.1) is 5.41 Å². The zero-order valence-corrected chi connectivity index (χ0v) is 11.3. The summed E-state index contributed by atoms with van der Waals surface area (Å²) in [6.07, 6.45) is 0. The van der Waals surface area contributed by atoms with Crippen LogP contribution in [0.3, 0.4) is 0 Å². The summed E-state index contributed by atoms with van der Waals surface area (Å²) in [5.41, 5.74) is -1.66. The van der Waals surface area contributed by atoms with E-state index in [0.717, 1.165) is 12.1 Å². The van der Waals surface area contributed by atoms with Crippen molar-refractivity contribution in [3.05, 3.63) is 35.4 Å². The highest BCUT2D eigenvalue weighted by Crippen LogP contribution is 2.30. The third kappa shape index (κ3) is 3.28. The average molecular weight is 256 g/mol. The topological polar surface area (TPSA) is 26.3 Å². The van der Waals surface area contributed by atoms with Crippen molar-refractivity contribution in [3.8, 4) is 0 Å². The molecule has 0 bridgehead atoms. The molecule has 0 aromatic heterocycles. The fraction of sp³-hybridized carbons (Fsp3) is 0.500. The summed E-state index contributed by atoms with van der Waals surface area (Å²) in [5, 5.41) is 0. The Labute approximate surface area is 106 Å². The van der Waals surface area contributed by atoms with Crippen molar-refractivity contribution < 1.29 is 18.3 Å². The first-order valence-electron chi connectivity index (χ1n) is 5.73. The van der Waals surface area contributed by atoms with Crippen LogP contribution >= 0.6 is 0 Å². The fourth-order valence-corrected chi connectivity index (χ4v) is 1.42. The molecule has 0 aliphatic rings. The number of rotatable bonds is 2. The van der Waals surface area contributed by atoms with Gasteiger partial charge < -0.3 is 4.74 Å². The minimum atomic E-state index is -1.14. The Hall–Kier alpha value is -1.45. The molecular formula is C14H18F2O2. The molecule has 0 amide bonds. The van der Waals surface area contributed by atoms with Crippen molar-refractivity contribution >= 4 is 5.97 Å². The zero-order chi connectivity index (χ0) is 14.1. The molecule has 0 spiro atoms.